The summed E-state index contributed by atoms with van der Waals surface area (Å²) in [5.41, 5.74) is 2.03. The highest BCUT2D eigenvalue weighted by atomic mass is 127. The van der Waals surface area contributed by atoms with Crippen LogP contribution in [0.3, 0.4) is 0 Å². The molecule has 176 valence electrons. The molecule has 9 heteroatoms. The third-order valence-electron chi connectivity index (χ3n) is 5.27. The Morgan fingerprint density at radius 1 is 1.03 bits per heavy atom. The zero-order valence-corrected chi connectivity index (χ0v) is 21.7. The molecule has 0 atom stereocenters. The second-order valence-corrected chi connectivity index (χ2v) is 7.28. The molecule has 1 saturated heterocycles. The number of hydrogen-bond acceptors (Lipinski definition) is 6. The van der Waals surface area contributed by atoms with Crippen molar-refractivity contribution in [3.05, 3.63) is 47.7 Å². The van der Waals surface area contributed by atoms with E-state index in [1.807, 2.05) is 30.3 Å². The number of nitrogens with zero attached hydrogens (tertiary/aromatic N) is 4. The molecule has 2 heterocycles. The van der Waals surface area contributed by atoms with Crippen molar-refractivity contribution in [3.63, 3.8) is 0 Å². The summed E-state index contributed by atoms with van der Waals surface area (Å²) in [5.74, 6) is 3.27. The van der Waals surface area contributed by atoms with Crippen molar-refractivity contribution in [1.82, 2.24) is 20.1 Å². The van der Waals surface area contributed by atoms with Crippen molar-refractivity contribution < 1.29 is 14.2 Å². The quantitative estimate of drug-likeness (QED) is 0.305. The predicted octanol–water partition coefficient (Wildman–Crippen LogP) is 3.01. The number of piperazine rings is 1. The first kappa shape index (κ1) is 26.0. The van der Waals surface area contributed by atoms with Gasteiger partial charge in [-0.05, 0) is 31.2 Å². The molecule has 2 aromatic rings. The van der Waals surface area contributed by atoms with E-state index in [1.165, 1.54) is 0 Å². The lowest BCUT2D eigenvalue weighted by atomic mass is 10.1. The van der Waals surface area contributed by atoms with Crippen LogP contribution >= 0.6 is 24.0 Å². The third kappa shape index (κ3) is 7.13. The fraction of sp³-hybridized carbons (Fsp3) is 0.478. The van der Waals surface area contributed by atoms with E-state index in [-0.39, 0.29) is 24.0 Å². The van der Waals surface area contributed by atoms with Crippen LogP contribution in [-0.2, 0) is 13.1 Å². The van der Waals surface area contributed by atoms with E-state index < -0.39 is 0 Å². The van der Waals surface area contributed by atoms with E-state index in [1.54, 1.807) is 21.3 Å². The Balaban J connectivity index is 0.00000363. The number of methoxy groups -OCH3 is 3. The summed E-state index contributed by atoms with van der Waals surface area (Å²) < 4.78 is 16.1. The Labute approximate surface area is 208 Å². The highest BCUT2D eigenvalue weighted by molar-refractivity contribution is 14.0. The van der Waals surface area contributed by atoms with Crippen LogP contribution < -0.4 is 19.5 Å². The van der Waals surface area contributed by atoms with Crippen LogP contribution in [0.25, 0.3) is 0 Å². The summed E-state index contributed by atoms with van der Waals surface area (Å²) >= 11 is 0. The maximum Gasteiger partial charge on any atom is 0.213 e. The monoisotopic (exact) mass is 555 g/mol. The van der Waals surface area contributed by atoms with Gasteiger partial charge in [0.25, 0.3) is 0 Å². The Morgan fingerprint density at radius 2 is 1.81 bits per heavy atom. The minimum absolute atomic E-state index is 0. The fourth-order valence-electron chi connectivity index (χ4n) is 3.61. The molecule has 1 aliphatic heterocycles. The molecule has 0 aliphatic carbocycles. The predicted molar refractivity (Wildman–Crippen MR) is 137 cm³/mol. The molecule has 1 fully saturated rings. The van der Waals surface area contributed by atoms with Crippen LogP contribution in [0.4, 0.5) is 0 Å². The van der Waals surface area contributed by atoms with Gasteiger partial charge in [-0.1, -0.05) is 6.07 Å². The number of guanidine groups is 1. The molecule has 1 aromatic carbocycles. The first-order valence-electron chi connectivity index (χ1n) is 10.6. The standard InChI is InChI=1S/C23H33N5O3.HI/c1-5-24-23(25-16-19-7-6-8-22(26-19)31-4)28-13-11-27(12-14-28)17-18-15-20(29-2)9-10-21(18)30-3;/h6-10,15H,5,11-14,16-17H2,1-4H3,(H,24,25);1H. The lowest BCUT2D eigenvalue weighted by Gasteiger charge is -2.36. The van der Waals surface area contributed by atoms with Gasteiger partial charge in [0.05, 0.1) is 33.6 Å². The smallest absolute Gasteiger partial charge is 0.213 e. The van der Waals surface area contributed by atoms with Gasteiger partial charge in [-0.15, -0.1) is 24.0 Å². The number of aromatic nitrogens is 1. The summed E-state index contributed by atoms with van der Waals surface area (Å²) in [6.45, 7) is 7.96. The maximum atomic E-state index is 5.53. The van der Waals surface area contributed by atoms with Crippen molar-refractivity contribution in [1.29, 1.82) is 0 Å². The summed E-state index contributed by atoms with van der Waals surface area (Å²) in [4.78, 5) is 14.0. The largest absolute Gasteiger partial charge is 0.497 e. The summed E-state index contributed by atoms with van der Waals surface area (Å²) in [5, 5.41) is 3.41. The Hall–Kier alpha value is -2.27. The Bertz CT molecular complexity index is 872. The first-order chi connectivity index (χ1) is 15.2. The average molecular weight is 555 g/mol. The van der Waals surface area contributed by atoms with Crippen molar-refractivity contribution in [2.75, 3.05) is 54.1 Å². The number of benzene rings is 1. The SMILES string of the molecule is CCNC(=NCc1cccc(OC)n1)N1CCN(Cc2cc(OC)ccc2OC)CC1.I. The van der Waals surface area contributed by atoms with Crippen LogP contribution in [0.1, 0.15) is 18.2 Å². The van der Waals surface area contributed by atoms with Gasteiger partial charge >= 0.3 is 0 Å². The first-order valence-corrected chi connectivity index (χ1v) is 10.6. The molecule has 32 heavy (non-hydrogen) atoms. The molecule has 1 aromatic heterocycles. The molecule has 8 nitrogen and oxygen atoms in total. The van der Waals surface area contributed by atoms with Gasteiger partial charge in [-0.3, -0.25) is 4.90 Å². The Kier molecular flexibility index (Phi) is 10.8. The maximum absolute atomic E-state index is 5.53. The number of halogens is 1. The van der Waals surface area contributed by atoms with Gasteiger partial charge in [0, 0.05) is 50.9 Å². The number of rotatable bonds is 8. The van der Waals surface area contributed by atoms with E-state index in [0.29, 0.717) is 12.4 Å². The minimum Gasteiger partial charge on any atom is -0.497 e. The summed E-state index contributed by atoms with van der Waals surface area (Å²) in [6.07, 6.45) is 0. The molecule has 1 aliphatic rings. The number of hydrogen-bond donors (Lipinski definition) is 1. The van der Waals surface area contributed by atoms with E-state index in [4.69, 9.17) is 19.2 Å². The zero-order valence-electron chi connectivity index (χ0n) is 19.3. The summed E-state index contributed by atoms with van der Waals surface area (Å²) in [6, 6.07) is 11.7. The second-order valence-electron chi connectivity index (χ2n) is 7.28. The third-order valence-corrected chi connectivity index (χ3v) is 5.27. The number of nitrogens with one attached hydrogen (secondary N) is 1. The average Bonchev–Trinajstić information content (AvgIpc) is 2.82. The van der Waals surface area contributed by atoms with E-state index >= 15 is 0 Å². The molecule has 1 N–H and O–H groups in total. The number of aliphatic imine (C=N–C) groups is 1. The van der Waals surface area contributed by atoms with Crippen molar-refractivity contribution in [2.24, 2.45) is 4.99 Å². The molecule has 0 amide bonds. The van der Waals surface area contributed by atoms with E-state index in [0.717, 1.165) is 68.0 Å². The minimum atomic E-state index is 0. The van der Waals surface area contributed by atoms with Crippen molar-refractivity contribution in [2.45, 2.75) is 20.0 Å². The number of pyridine rings is 1. The molecule has 0 radical (unpaired) electrons. The number of ether oxygens (including phenoxy) is 3. The molecular formula is C23H34IN5O3. The molecular weight excluding hydrogens is 521 g/mol. The van der Waals surface area contributed by atoms with Crippen LogP contribution in [0.5, 0.6) is 17.4 Å². The van der Waals surface area contributed by atoms with Gasteiger partial charge < -0.3 is 24.4 Å². The van der Waals surface area contributed by atoms with Crippen molar-refractivity contribution in [3.8, 4) is 17.4 Å². The van der Waals surface area contributed by atoms with Crippen LogP contribution in [0.15, 0.2) is 41.4 Å². The zero-order chi connectivity index (χ0) is 22.1. The second kappa shape index (κ2) is 13.3. The lowest BCUT2D eigenvalue weighted by molar-refractivity contribution is 0.171. The highest BCUT2D eigenvalue weighted by Crippen LogP contribution is 2.25. The van der Waals surface area contributed by atoms with Gasteiger partial charge in [0.2, 0.25) is 5.88 Å². The van der Waals surface area contributed by atoms with Gasteiger partial charge in [0.1, 0.15) is 11.5 Å². The van der Waals surface area contributed by atoms with Gasteiger partial charge in [0.15, 0.2) is 5.96 Å². The van der Waals surface area contributed by atoms with Crippen molar-refractivity contribution >= 4 is 29.9 Å². The van der Waals surface area contributed by atoms with Crippen LogP contribution in [-0.4, -0.2) is 74.8 Å². The molecule has 0 bridgehead atoms. The van der Waals surface area contributed by atoms with Gasteiger partial charge in [-0.2, -0.15) is 0 Å². The van der Waals surface area contributed by atoms with Gasteiger partial charge in [-0.25, -0.2) is 9.98 Å². The Morgan fingerprint density at radius 3 is 2.47 bits per heavy atom. The van der Waals surface area contributed by atoms with Crippen LogP contribution in [0, 0.1) is 0 Å². The molecule has 0 saturated carbocycles. The molecule has 3 rings (SSSR count). The fourth-order valence-corrected chi connectivity index (χ4v) is 3.61. The molecule has 0 unspecified atom stereocenters. The summed E-state index contributed by atoms with van der Waals surface area (Å²) in [7, 11) is 5.02. The molecule has 0 spiro atoms. The van der Waals surface area contributed by atoms with Crippen LogP contribution in [0.2, 0.25) is 0 Å². The highest BCUT2D eigenvalue weighted by Gasteiger charge is 2.21. The van der Waals surface area contributed by atoms with E-state index in [2.05, 4.69) is 33.1 Å². The lowest BCUT2D eigenvalue weighted by Crippen LogP contribution is -2.52. The normalized spacial score (nSPS) is 14.5. The topological polar surface area (TPSA) is 71.5 Å². The van der Waals surface area contributed by atoms with E-state index in [9.17, 15) is 0 Å².